The maximum absolute atomic E-state index is 11.2. The third-order valence-electron chi connectivity index (χ3n) is 3.15. The monoisotopic (exact) mass is 210 g/mol. The van der Waals surface area contributed by atoms with Crippen molar-refractivity contribution in [2.45, 2.75) is 25.4 Å². The lowest BCUT2D eigenvalue weighted by Crippen LogP contribution is -2.45. The van der Waals surface area contributed by atoms with Gasteiger partial charge in [-0.25, -0.2) is 4.79 Å². The van der Waals surface area contributed by atoms with Crippen molar-refractivity contribution in [2.75, 3.05) is 0 Å². The summed E-state index contributed by atoms with van der Waals surface area (Å²) in [6.07, 6.45) is 3.22. The zero-order valence-corrected chi connectivity index (χ0v) is 8.77. The molecule has 5 nitrogen and oxygen atoms in total. The van der Waals surface area contributed by atoms with Gasteiger partial charge in [0.25, 0.3) is 0 Å². The number of aliphatic hydroxyl groups is 1. The van der Waals surface area contributed by atoms with Gasteiger partial charge in [-0.2, -0.15) is 5.10 Å². The minimum absolute atomic E-state index is 0.302. The Hall–Kier alpha value is -1.36. The molecule has 0 amide bonds. The second kappa shape index (κ2) is 3.06. The number of hydrogen-bond donors (Lipinski definition) is 2. The molecule has 0 saturated heterocycles. The van der Waals surface area contributed by atoms with Crippen LogP contribution in [0.1, 0.15) is 24.6 Å². The quantitative estimate of drug-likeness (QED) is 0.698. The van der Waals surface area contributed by atoms with Crippen LogP contribution in [0.25, 0.3) is 0 Å². The molecule has 0 aromatic carbocycles. The number of carbonyl (C=O) groups is 1. The molecule has 2 N–H and O–H groups in total. The molecule has 1 aliphatic carbocycles. The molecule has 0 spiro atoms. The average molecular weight is 210 g/mol. The van der Waals surface area contributed by atoms with Crippen LogP contribution in [-0.4, -0.2) is 26.0 Å². The average Bonchev–Trinajstić information content (AvgIpc) is 2.53. The van der Waals surface area contributed by atoms with Gasteiger partial charge < -0.3 is 10.2 Å². The summed E-state index contributed by atoms with van der Waals surface area (Å²) in [5.41, 5.74) is -0.689. The summed E-state index contributed by atoms with van der Waals surface area (Å²) in [6, 6.07) is 0. The summed E-state index contributed by atoms with van der Waals surface area (Å²) in [5.74, 6) is -1.52. The molecule has 1 aromatic heterocycles. The van der Waals surface area contributed by atoms with E-state index < -0.39 is 11.6 Å². The molecule has 2 unspecified atom stereocenters. The van der Waals surface area contributed by atoms with E-state index in [9.17, 15) is 9.90 Å². The predicted octanol–water partition coefficient (Wildman–Crippen LogP) is 0.275. The van der Waals surface area contributed by atoms with Crippen molar-refractivity contribution in [3.63, 3.8) is 0 Å². The maximum Gasteiger partial charge on any atom is 0.342 e. The first-order chi connectivity index (χ1) is 6.96. The molecule has 2 rings (SSSR count). The van der Waals surface area contributed by atoms with Gasteiger partial charge in [0, 0.05) is 19.2 Å². The van der Waals surface area contributed by atoms with Gasteiger partial charge in [0.2, 0.25) is 5.60 Å². The van der Waals surface area contributed by atoms with E-state index in [0.717, 1.165) is 12.0 Å². The SMILES string of the molecule is CC1CCc2cn(C)nc2C1(O)C(=O)O. The Morgan fingerprint density at radius 1 is 1.73 bits per heavy atom. The highest BCUT2D eigenvalue weighted by Gasteiger charge is 2.49. The van der Waals surface area contributed by atoms with Crippen LogP contribution < -0.4 is 0 Å². The van der Waals surface area contributed by atoms with E-state index in [1.807, 2.05) is 0 Å². The van der Waals surface area contributed by atoms with Crippen molar-refractivity contribution >= 4 is 5.97 Å². The number of nitrogens with zero attached hydrogens (tertiary/aromatic N) is 2. The van der Waals surface area contributed by atoms with Gasteiger partial charge in [-0.05, 0) is 18.4 Å². The van der Waals surface area contributed by atoms with E-state index in [1.165, 1.54) is 0 Å². The molecule has 0 fully saturated rings. The highest BCUT2D eigenvalue weighted by Crippen LogP contribution is 2.38. The van der Waals surface area contributed by atoms with Crippen LogP contribution in [0.4, 0.5) is 0 Å². The molecular formula is C10H14N2O3. The van der Waals surface area contributed by atoms with Gasteiger partial charge in [-0.15, -0.1) is 0 Å². The molecule has 1 aromatic rings. The number of rotatable bonds is 1. The molecule has 1 heterocycles. The Morgan fingerprint density at radius 3 is 3.00 bits per heavy atom. The molecule has 2 atom stereocenters. The summed E-state index contributed by atoms with van der Waals surface area (Å²) >= 11 is 0. The number of hydrogen-bond acceptors (Lipinski definition) is 3. The zero-order valence-electron chi connectivity index (χ0n) is 8.77. The van der Waals surface area contributed by atoms with E-state index in [2.05, 4.69) is 5.10 Å². The van der Waals surface area contributed by atoms with Crippen LogP contribution in [0.2, 0.25) is 0 Å². The first-order valence-electron chi connectivity index (χ1n) is 4.95. The number of carboxylic acids is 1. The molecule has 0 aliphatic heterocycles. The predicted molar refractivity (Wildman–Crippen MR) is 52.2 cm³/mol. The highest BCUT2D eigenvalue weighted by atomic mass is 16.4. The number of aliphatic carboxylic acids is 1. The summed E-state index contributed by atoms with van der Waals surface area (Å²) in [4.78, 5) is 11.2. The first-order valence-corrected chi connectivity index (χ1v) is 4.95. The normalized spacial score (nSPS) is 29.9. The lowest BCUT2D eigenvalue weighted by molar-refractivity contribution is -0.168. The fraction of sp³-hybridized carbons (Fsp3) is 0.600. The van der Waals surface area contributed by atoms with Crippen LogP contribution in [-0.2, 0) is 23.9 Å². The first kappa shape index (κ1) is 10.2. The van der Waals surface area contributed by atoms with Crippen LogP contribution >= 0.6 is 0 Å². The smallest absolute Gasteiger partial charge is 0.342 e. The van der Waals surface area contributed by atoms with Crippen molar-refractivity contribution in [3.05, 3.63) is 17.5 Å². The van der Waals surface area contributed by atoms with Crippen molar-refractivity contribution in [1.29, 1.82) is 0 Å². The number of aryl methyl sites for hydroxylation is 2. The maximum atomic E-state index is 11.2. The fourth-order valence-corrected chi connectivity index (χ4v) is 2.17. The largest absolute Gasteiger partial charge is 0.479 e. The molecule has 5 heteroatoms. The summed E-state index contributed by atoms with van der Waals surface area (Å²) in [7, 11) is 1.73. The third kappa shape index (κ3) is 1.26. The summed E-state index contributed by atoms with van der Waals surface area (Å²) in [5, 5.41) is 23.4. The van der Waals surface area contributed by atoms with Crippen molar-refractivity contribution in [3.8, 4) is 0 Å². The molecule has 82 valence electrons. The van der Waals surface area contributed by atoms with Crippen LogP contribution in [0.3, 0.4) is 0 Å². The van der Waals surface area contributed by atoms with Gasteiger partial charge >= 0.3 is 5.97 Å². The number of carboxylic acid groups (broad SMARTS) is 1. The van der Waals surface area contributed by atoms with Gasteiger partial charge in [-0.1, -0.05) is 6.92 Å². The lowest BCUT2D eigenvalue weighted by Gasteiger charge is -2.32. The van der Waals surface area contributed by atoms with E-state index in [1.54, 1.807) is 24.9 Å². The summed E-state index contributed by atoms with van der Waals surface area (Å²) in [6.45, 7) is 1.74. The van der Waals surface area contributed by atoms with Gasteiger partial charge in [0.1, 0.15) is 5.69 Å². The number of fused-ring (bicyclic) bond motifs is 1. The Labute approximate surface area is 87.3 Å². The standard InChI is InChI=1S/C10H14N2O3/c1-6-3-4-7-5-12(2)11-8(7)10(6,15)9(13)14/h5-6,15H,3-4H2,1-2H3,(H,13,14). The second-order valence-corrected chi connectivity index (χ2v) is 4.19. The Balaban J connectivity index is 2.59. The van der Waals surface area contributed by atoms with Crippen LogP contribution in [0.5, 0.6) is 0 Å². The number of aromatic nitrogens is 2. The molecular weight excluding hydrogens is 196 g/mol. The highest BCUT2D eigenvalue weighted by molar-refractivity contribution is 5.79. The second-order valence-electron chi connectivity index (χ2n) is 4.19. The molecule has 0 radical (unpaired) electrons. The fourth-order valence-electron chi connectivity index (χ4n) is 2.17. The summed E-state index contributed by atoms with van der Waals surface area (Å²) < 4.78 is 1.55. The van der Waals surface area contributed by atoms with Crippen LogP contribution in [0.15, 0.2) is 6.20 Å². The van der Waals surface area contributed by atoms with Gasteiger partial charge in [0.05, 0.1) is 0 Å². The van der Waals surface area contributed by atoms with Crippen molar-refractivity contribution in [1.82, 2.24) is 9.78 Å². The van der Waals surface area contributed by atoms with Gasteiger partial charge in [-0.3, -0.25) is 4.68 Å². The molecule has 0 saturated carbocycles. The minimum Gasteiger partial charge on any atom is -0.479 e. The Morgan fingerprint density at radius 2 is 2.40 bits per heavy atom. The van der Waals surface area contributed by atoms with Crippen molar-refractivity contribution < 1.29 is 15.0 Å². The van der Waals surface area contributed by atoms with Crippen LogP contribution in [0, 0.1) is 5.92 Å². The molecule has 15 heavy (non-hydrogen) atoms. The van der Waals surface area contributed by atoms with Gasteiger partial charge in [0.15, 0.2) is 0 Å². The van der Waals surface area contributed by atoms with E-state index in [0.29, 0.717) is 12.1 Å². The third-order valence-corrected chi connectivity index (χ3v) is 3.15. The lowest BCUT2D eigenvalue weighted by atomic mass is 9.76. The Bertz CT molecular complexity index is 413. The van der Waals surface area contributed by atoms with E-state index in [4.69, 9.17) is 5.11 Å². The molecule has 1 aliphatic rings. The van der Waals surface area contributed by atoms with E-state index >= 15 is 0 Å². The topological polar surface area (TPSA) is 75.3 Å². The zero-order chi connectivity index (χ0) is 11.2. The Kier molecular flexibility index (Phi) is 2.08. The van der Waals surface area contributed by atoms with Crippen molar-refractivity contribution in [2.24, 2.45) is 13.0 Å². The minimum atomic E-state index is -1.82. The van der Waals surface area contributed by atoms with E-state index in [-0.39, 0.29) is 5.92 Å². The molecule has 0 bridgehead atoms.